The molecular weight excluding hydrogens is 390 g/mol. The van der Waals surface area contributed by atoms with Crippen LogP contribution in [-0.4, -0.2) is 38.1 Å². The minimum Gasteiger partial charge on any atom is -0.484 e. The van der Waals surface area contributed by atoms with Gasteiger partial charge in [-0.15, -0.1) is 0 Å². The minimum absolute atomic E-state index is 0.123. The number of anilines is 2. The Morgan fingerprint density at radius 3 is 2.52 bits per heavy atom. The first-order chi connectivity index (χ1) is 14.1. The lowest BCUT2D eigenvalue weighted by Gasteiger charge is -2.22. The van der Waals surface area contributed by atoms with E-state index in [0.717, 1.165) is 38.0 Å². The second-order valence-electron chi connectivity index (χ2n) is 6.97. The predicted octanol–water partition coefficient (Wildman–Crippen LogP) is 4.10. The summed E-state index contributed by atoms with van der Waals surface area (Å²) in [6.45, 7) is 4.37. The fourth-order valence-electron chi connectivity index (χ4n) is 3.24. The zero-order valence-electron chi connectivity index (χ0n) is 16.5. The van der Waals surface area contributed by atoms with Crippen molar-refractivity contribution in [3.05, 3.63) is 53.1 Å². The summed E-state index contributed by atoms with van der Waals surface area (Å²) in [6.07, 6.45) is 3.11. The first-order valence-corrected chi connectivity index (χ1v) is 10.3. The number of benzene rings is 2. The monoisotopic (exact) mass is 415 g/mol. The smallest absolute Gasteiger partial charge is 0.262 e. The second kappa shape index (κ2) is 10.2. The molecule has 0 saturated carbocycles. The van der Waals surface area contributed by atoms with Crippen molar-refractivity contribution in [2.24, 2.45) is 0 Å². The highest BCUT2D eigenvalue weighted by atomic mass is 35.5. The Balaban J connectivity index is 1.68. The van der Waals surface area contributed by atoms with Crippen LogP contribution in [0.1, 0.15) is 36.5 Å². The molecule has 0 aliphatic carbocycles. The number of rotatable bonds is 8. The van der Waals surface area contributed by atoms with Crippen molar-refractivity contribution in [1.29, 1.82) is 0 Å². The summed E-state index contributed by atoms with van der Waals surface area (Å²) in [5.41, 5.74) is 2.06. The van der Waals surface area contributed by atoms with Gasteiger partial charge >= 0.3 is 0 Å². The lowest BCUT2D eigenvalue weighted by Crippen LogP contribution is -2.28. The number of nitrogens with zero attached hydrogens (tertiary/aromatic N) is 1. The van der Waals surface area contributed by atoms with E-state index in [1.165, 1.54) is 0 Å². The zero-order chi connectivity index (χ0) is 20.6. The lowest BCUT2D eigenvalue weighted by atomic mass is 10.1. The molecule has 0 unspecified atom stereocenters. The van der Waals surface area contributed by atoms with E-state index >= 15 is 0 Å². The molecular formula is C22H26ClN3O3. The number of halogens is 1. The van der Waals surface area contributed by atoms with Crippen molar-refractivity contribution < 1.29 is 14.3 Å². The molecule has 0 aromatic heterocycles. The molecule has 7 heteroatoms. The summed E-state index contributed by atoms with van der Waals surface area (Å²) in [5.74, 6) is 0.143. The van der Waals surface area contributed by atoms with Crippen LogP contribution in [0.4, 0.5) is 11.4 Å². The molecule has 2 aromatic carbocycles. The van der Waals surface area contributed by atoms with Gasteiger partial charge in [0.05, 0.1) is 5.56 Å². The molecule has 0 spiro atoms. The van der Waals surface area contributed by atoms with Gasteiger partial charge in [0.15, 0.2) is 6.61 Å². The van der Waals surface area contributed by atoms with Crippen molar-refractivity contribution in [2.75, 3.05) is 36.5 Å². The van der Waals surface area contributed by atoms with Gasteiger partial charge in [0.2, 0.25) is 0 Å². The Kier molecular flexibility index (Phi) is 7.36. The van der Waals surface area contributed by atoms with Crippen LogP contribution < -0.4 is 20.3 Å². The molecule has 154 valence electrons. The predicted molar refractivity (Wildman–Crippen MR) is 116 cm³/mol. The van der Waals surface area contributed by atoms with Crippen LogP contribution in [0.5, 0.6) is 5.75 Å². The molecule has 1 aliphatic rings. The summed E-state index contributed by atoms with van der Waals surface area (Å²) in [4.78, 5) is 27.2. The van der Waals surface area contributed by atoms with Crippen LogP contribution in [0.15, 0.2) is 42.5 Å². The second-order valence-corrected chi connectivity index (χ2v) is 7.41. The number of amides is 2. The van der Waals surface area contributed by atoms with Crippen LogP contribution in [0.3, 0.4) is 0 Å². The summed E-state index contributed by atoms with van der Waals surface area (Å²) in [5, 5.41) is 6.34. The number of ether oxygens (including phenoxy) is 1. The Hall–Kier alpha value is -2.73. The lowest BCUT2D eigenvalue weighted by molar-refractivity contribution is -0.118. The maximum Gasteiger partial charge on any atom is 0.262 e. The first-order valence-electron chi connectivity index (χ1n) is 9.92. The topological polar surface area (TPSA) is 70.7 Å². The molecule has 29 heavy (non-hydrogen) atoms. The number of nitrogens with one attached hydrogen (secondary N) is 2. The van der Waals surface area contributed by atoms with Crippen LogP contribution in [-0.2, 0) is 4.79 Å². The quantitative estimate of drug-likeness (QED) is 0.681. The Labute approximate surface area is 176 Å². The largest absolute Gasteiger partial charge is 0.484 e. The summed E-state index contributed by atoms with van der Waals surface area (Å²) >= 11 is 5.84. The molecule has 0 bridgehead atoms. The Morgan fingerprint density at radius 2 is 1.83 bits per heavy atom. The molecule has 1 aliphatic heterocycles. The molecule has 1 fully saturated rings. The molecule has 2 aromatic rings. The molecule has 1 heterocycles. The van der Waals surface area contributed by atoms with E-state index in [0.29, 0.717) is 28.6 Å². The third kappa shape index (κ3) is 5.87. The van der Waals surface area contributed by atoms with Crippen molar-refractivity contribution in [2.45, 2.75) is 26.2 Å². The van der Waals surface area contributed by atoms with E-state index in [-0.39, 0.29) is 18.4 Å². The molecule has 2 amide bonds. The van der Waals surface area contributed by atoms with Gasteiger partial charge in [0.1, 0.15) is 5.75 Å². The van der Waals surface area contributed by atoms with E-state index in [1.807, 2.05) is 19.1 Å². The van der Waals surface area contributed by atoms with Crippen molar-refractivity contribution in [3.63, 3.8) is 0 Å². The molecule has 6 nitrogen and oxygen atoms in total. The van der Waals surface area contributed by atoms with Gasteiger partial charge in [-0.1, -0.05) is 18.5 Å². The SMILES string of the molecule is CCCNC(=O)c1cc(NC(=O)COc2ccc(Cl)cc2)ccc1N1CCCC1. The highest BCUT2D eigenvalue weighted by molar-refractivity contribution is 6.30. The number of hydrogen-bond donors (Lipinski definition) is 2. The third-order valence-corrected chi connectivity index (χ3v) is 4.94. The van der Waals surface area contributed by atoms with Crippen LogP contribution >= 0.6 is 11.6 Å². The van der Waals surface area contributed by atoms with Crippen molar-refractivity contribution in [1.82, 2.24) is 5.32 Å². The fourth-order valence-corrected chi connectivity index (χ4v) is 3.37. The van der Waals surface area contributed by atoms with E-state index in [2.05, 4.69) is 15.5 Å². The van der Waals surface area contributed by atoms with E-state index in [4.69, 9.17) is 16.3 Å². The number of carbonyl (C=O) groups is 2. The molecule has 2 N–H and O–H groups in total. The number of carbonyl (C=O) groups excluding carboxylic acids is 2. The standard InChI is InChI=1S/C22H26ClN3O3/c1-2-11-24-22(28)19-14-17(7-10-20(19)26-12-3-4-13-26)25-21(27)15-29-18-8-5-16(23)6-9-18/h5-10,14H,2-4,11-13,15H2,1H3,(H,24,28)(H,25,27). The molecule has 1 saturated heterocycles. The first kappa shape index (κ1) is 21.0. The normalized spacial score (nSPS) is 13.2. The van der Waals surface area contributed by atoms with Gasteiger partial charge < -0.3 is 20.3 Å². The van der Waals surface area contributed by atoms with Gasteiger partial charge in [-0.3, -0.25) is 9.59 Å². The zero-order valence-corrected chi connectivity index (χ0v) is 17.3. The van der Waals surface area contributed by atoms with Crippen LogP contribution in [0.2, 0.25) is 5.02 Å². The highest BCUT2D eigenvalue weighted by Crippen LogP contribution is 2.27. The Bertz CT molecular complexity index is 849. The van der Waals surface area contributed by atoms with Crippen LogP contribution in [0, 0.1) is 0 Å². The molecule has 0 radical (unpaired) electrons. The summed E-state index contributed by atoms with van der Waals surface area (Å²) < 4.78 is 5.47. The van der Waals surface area contributed by atoms with Crippen molar-refractivity contribution in [3.8, 4) is 5.75 Å². The van der Waals surface area contributed by atoms with Crippen LogP contribution in [0.25, 0.3) is 0 Å². The van der Waals surface area contributed by atoms with E-state index in [9.17, 15) is 9.59 Å². The summed E-state index contributed by atoms with van der Waals surface area (Å²) in [7, 11) is 0. The van der Waals surface area contributed by atoms with E-state index < -0.39 is 0 Å². The van der Waals surface area contributed by atoms with Crippen molar-refractivity contribution >= 4 is 34.8 Å². The minimum atomic E-state index is -0.297. The van der Waals surface area contributed by atoms with Gasteiger partial charge in [-0.05, 0) is 61.7 Å². The average Bonchev–Trinajstić information content (AvgIpc) is 3.26. The fraction of sp³-hybridized carbons (Fsp3) is 0.364. The van der Waals surface area contributed by atoms with Gasteiger partial charge in [0, 0.05) is 36.0 Å². The number of hydrogen-bond acceptors (Lipinski definition) is 4. The highest BCUT2D eigenvalue weighted by Gasteiger charge is 2.20. The third-order valence-electron chi connectivity index (χ3n) is 4.69. The van der Waals surface area contributed by atoms with Gasteiger partial charge in [-0.25, -0.2) is 0 Å². The molecule has 0 atom stereocenters. The molecule has 3 rings (SSSR count). The maximum atomic E-state index is 12.7. The average molecular weight is 416 g/mol. The van der Waals surface area contributed by atoms with Gasteiger partial charge in [0.25, 0.3) is 11.8 Å². The Morgan fingerprint density at radius 1 is 1.10 bits per heavy atom. The van der Waals surface area contributed by atoms with Gasteiger partial charge in [-0.2, -0.15) is 0 Å². The van der Waals surface area contributed by atoms with E-state index in [1.54, 1.807) is 30.3 Å². The summed E-state index contributed by atoms with van der Waals surface area (Å²) in [6, 6.07) is 12.3. The maximum absolute atomic E-state index is 12.7.